The maximum Gasteiger partial charge on any atom is 0.165 e. The van der Waals surface area contributed by atoms with Crippen LogP contribution < -0.4 is 5.32 Å². The number of morpholine rings is 1. The molecule has 0 aliphatic carbocycles. The fraction of sp³-hybridized carbons (Fsp3) is 0.400. The van der Waals surface area contributed by atoms with E-state index in [0.717, 1.165) is 73.4 Å². The molecular formula is C20H24ClN5O. The van der Waals surface area contributed by atoms with Crippen molar-refractivity contribution in [3.8, 4) is 11.1 Å². The van der Waals surface area contributed by atoms with Gasteiger partial charge in [-0.25, -0.2) is 4.98 Å². The third-order valence-corrected chi connectivity index (χ3v) is 5.20. The molecule has 0 spiro atoms. The molecule has 1 aromatic carbocycles. The van der Waals surface area contributed by atoms with Gasteiger partial charge in [-0.15, -0.1) is 0 Å². The Balaban J connectivity index is 1.64. The van der Waals surface area contributed by atoms with Crippen molar-refractivity contribution < 1.29 is 4.74 Å². The largest absolute Gasteiger partial charge is 0.379 e. The molecule has 1 aliphatic rings. The highest BCUT2D eigenvalue weighted by Crippen LogP contribution is 2.33. The minimum atomic E-state index is 0.709. The highest BCUT2D eigenvalue weighted by atomic mass is 35.5. The van der Waals surface area contributed by atoms with Gasteiger partial charge in [0.25, 0.3) is 0 Å². The minimum Gasteiger partial charge on any atom is -0.379 e. The normalized spacial score (nSPS) is 15.4. The lowest BCUT2D eigenvalue weighted by atomic mass is 10.1. The number of rotatable bonds is 5. The van der Waals surface area contributed by atoms with Crippen LogP contribution in [0.25, 0.3) is 16.8 Å². The Labute approximate surface area is 164 Å². The highest BCUT2D eigenvalue weighted by molar-refractivity contribution is 6.33. The summed E-state index contributed by atoms with van der Waals surface area (Å²) < 4.78 is 7.30. The van der Waals surface area contributed by atoms with E-state index in [1.807, 2.05) is 48.7 Å². The Morgan fingerprint density at radius 3 is 2.74 bits per heavy atom. The number of ether oxygens (including phenoxy) is 1. The number of nitrogens with one attached hydrogen (secondary N) is 1. The van der Waals surface area contributed by atoms with Gasteiger partial charge in [0.1, 0.15) is 5.82 Å². The smallest absolute Gasteiger partial charge is 0.165 e. The molecule has 7 heteroatoms. The summed E-state index contributed by atoms with van der Waals surface area (Å²) in [6.07, 6.45) is 0. The summed E-state index contributed by atoms with van der Waals surface area (Å²) in [5.74, 6) is 0.951. The molecule has 0 amide bonds. The summed E-state index contributed by atoms with van der Waals surface area (Å²) >= 11 is 6.44. The Morgan fingerprint density at radius 1 is 1.19 bits per heavy atom. The molecule has 1 saturated heterocycles. The topological polar surface area (TPSA) is 54.7 Å². The van der Waals surface area contributed by atoms with Crippen LogP contribution in [0.15, 0.2) is 30.3 Å². The number of benzene rings is 1. The zero-order valence-electron chi connectivity index (χ0n) is 15.7. The van der Waals surface area contributed by atoms with E-state index in [2.05, 4.69) is 10.2 Å². The summed E-state index contributed by atoms with van der Waals surface area (Å²) in [5, 5.41) is 8.97. The van der Waals surface area contributed by atoms with E-state index in [9.17, 15) is 0 Å². The van der Waals surface area contributed by atoms with Crippen LogP contribution >= 0.6 is 11.6 Å². The van der Waals surface area contributed by atoms with Crippen LogP contribution in [0.4, 0.5) is 5.82 Å². The first-order valence-electron chi connectivity index (χ1n) is 9.29. The second-order valence-corrected chi connectivity index (χ2v) is 7.25. The van der Waals surface area contributed by atoms with Gasteiger partial charge in [-0.1, -0.05) is 29.8 Å². The van der Waals surface area contributed by atoms with Crippen LogP contribution in [0.3, 0.4) is 0 Å². The molecule has 2 aromatic heterocycles. The van der Waals surface area contributed by atoms with E-state index < -0.39 is 0 Å². The average Bonchev–Trinajstić information content (AvgIpc) is 2.99. The van der Waals surface area contributed by atoms with Gasteiger partial charge in [-0.2, -0.15) is 9.61 Å². The van der Waals surface area contributed by atoms with Crippen molar-refractivity contribution in [3.63, 3.8) is 0 Å². The van der Waals surface area contributed by atoms with Crippen LogP contribution in [0, 0.1) is 13.8 Å². The third kappa shape index (κ3) is 3.78. The molecule has 27 heavy (non-hydrogen) atoms. The summed E-state index contributed by atoms with van der Waals surface area (Å²) in [6, 6.07) is 9.87. The molecule has 1 N–H and O–H groups in total. The zero-order valence-corrected chi connectivity index (χ0v) is 16.5. The lowest BCUT2D eigenvalue weighted by molar-refractivity contribution is 0.0398. The van der Waals surface area contributed by atoms with E-state index >= 15 is 0 Å². The fourth-order valence-corrected chi connectivity index (χ4v) is 3.75. The summed E-state index contributed by atoms with van der Waals surface area (Å²) in [4.78, 5) is 7.16. The van der Waals surface area contributed by atoms with Gasteiger partial charge in [-0.05, 0) is 19.9 Å². The van der Waals surface area contributed by atoms with Crippen molar-refractivity contribution in [2.45, 2.75) is 13.8 Å². The Hall–Kier alpha value is -2.15. The Morgan fingerprint density at radius 2 is 1.96 bits per heavy atom. The number of anilines is 1. The maximum atomic E-state index is 6.44. The molecule has 0 radical (unpaired) electrons. The van der Waals surface area contributed by atoms with Crippen LogP contribution in [0.1, 0.15) is 11.4 Å². The first kappa shape index (κ1) is 18.2. The van der Waals surface area contributed by atoms with Gasteiger partial charge in [0.15, 0.2) is 5.65 Å². The van der Waals surface area contributed by atoms with E-state index in [1.165, 1.54) is 0 Å². The van der Waals surface area contributed by atoms with Crippen molar-refractivity contribution in [1.29, 1.82) is 0 Å². The zero-order chi connectivity index (χ0) is 18.8. The quantitative estimate of drug-likeness (QED) is 0.729. The standard InChI is InChI=1S/C20H24ClN5O/c1-14-13-18(22-7-8-25-9-11-27-12-10-25)26-20(23-14)19(15(2)24-26)16-5-3-4-6-17(16)21/h3-6,13,22H,7-12H2,1-2H3. The predicted molar refractivity (Wildman–Crippen MR) is 109 cm³/mol. The second-order valence-electron chi connectivity index (χ2n) is 6.84. The number of hydrogen-bond acceptors (Lipinski definition) is 5. The molecule has 142 valence electrons. The molecule has 0 atom stereocenters. The second kappa shape index (κ2) is 7.84. The highest BCUT2D eigenvalue weighted by Gasteiger charge is 2.18. The third-order valence-electron chi connectivity index (χ3n) is 4.87. The molecule has 6 nitrogen and oxygen atoms in total. The fourth-order valence-electron chi connectivity index (χ4n) is 3.52. The van der Waals surface area contributed by atoms with Gasteiger partial charge in [-0.3, -0.25) is 4.90 Å². The van der Waals surface area contributed by atoms with Crippen molar-refractivity contribution in [2.24, 2.45) is 0 Å². The molecule has 1 fully saturated rings. The van der Waals surface area contributed by atoms with Gasteiger partial charge >= 0.3 is 0 Å². The predicted octanol–water partition coefficient (Wildman–Crippen LogP) is 3.41. The number of aryl methyl sites for hydroxylation is 2. The van der Waals surface area contributed by atoms with E-state index in [-0.39, 0.29) is 0 Å². The summed E-state index contributed by atoms with van der Waals surface area (Å²) in [7, 11) is 0. The summed E-state index contributed by atoms with van der Waals surface area (Å²) in [5.41, 5.74) is 4.64. The number of aromatic nitrogens is 3. The first-order chi connectivity index (χ1) is 13.1. The van der Waals surface area contributed by atoms with Gasteiger partial charge in [0, 0.05) is 48.5 Å². The molecule has 0 saturated carbocycles. The maximum absolute atomic E-state index is 6.44. The molecule has 0 bridgehead atoms. The lowest BCUT2D eigenvalue weighted by Gasteiger charge is -2.26. The molecule has 0 unspecified atom stereocenters. The molecule has 3 aromatic rings. The van der Waals surface area contributed by atoms with Gasteiger partial charge < -0.3 is 10.1 Å². The molecule has 4 rings (SSSR count). The monoisotopic (exact) mass is 385 g/mol. The van der Waals surface area contributed by atoms with Crippen LogP contribution in [-0.2, 0) is 4.74 Å². The lowest BCUT2D eigenvalue weighted by Crippen LogP contribution is -2.39. The first-order valence-corrected chi connectivity index (χ1v) is 9.67. The van der Waals surface area contributed by atoms with Gasteiger partial charge in [0.2, 0.25) is 0 Å². The van der Waals surface area contributed by atoms with Crippen LogP contribution in [-0.4, -0.2) is 58.9 Å². The number of fused-ring (bicyclic) bond motifs is 1. The molecular weight excluding hydrogens is 362 g/mol. The average molecular weight is 386 g/mol. The Kier molecular flexibility index (Phi) is 5.29. The number of nitrogens with zero attached hydrogens (tertiary/aromatic N) is 4. The van der Waals surface area contributed by atoms with E-state index in [0.29, 0.717) is 5.02 Å². The van der Waals surface area contributed by atoms with Crippen molar-refractivity contribution in [1.82, 2.24) is 19.5 Å². The van der Waals surface area contributed by atoms with E-state index in [4.69, 9.17) is 26.4 Å². The number of halogens is 1. The molecule has 3 heterocycles. The SMILES string of the molecule is Cc1cc(NCCN2CCOCC2)n2nc(C)c(-c3ccccc3Cl)c2n1. The van der Waals surface area contributed by atoms with E-state index in [1.54, 1.807) is 0 Å². The minimum absolute atomic E-state index is 0.709. The van der Waals surface area contributed by atoms with Crippen molar-refractivity contribution in [2.75, 3.05) is 44.7 Å². The van der Waals surface area contributed by atoms with Crippen molar-refractivity contribution in [3.05, 3.63) is 46.7 Å². The van der Waals surface area contributed by atoms with Crippen LogP contribution in [0.5, 0.6) is 0 Å². The Bertz CT molecular complexity index is 949. The van der Waals surface area contributed by atoms with Gasteiger partial charge in [0.05, 0.1) is 24.5 Å². The number of hydrogen-bond donors (Lipinski definition) is 1. The molecule has 1 aliphatic heterocycles. The van der Waals surface area contributed by atoms with Crippen molar-refractivity contribution >= 4 is 23.1 Å². The summed E-state index contributed by atoms with van der Waals surface area (Å²) in [6.45, 7) is 9.44. The van der Waals surface area contributed by atoms with Crippen LogP contribution in [0.2, 0.25) is 5.02 Å².